The van der Waals surface area contributed by atoms with Gasteiger partial charge in [0.2, 0.25) is 0 Å². The van der Waals surface area contributed by atoms with E-state index in [0.717, 1.165) is 12.7 Å². The fourth-order valence-corrected chi connectivity index (χ4v) is 2.12. The summed E-state index contributed by atoms with van der Waals surface area (Å²) in [5.74, 6) is 0.647. The van der Waals surface area contributed by atoms with Crippen LogP contribution in [0.5, 0.6) is 0 Å². The van der Waals surface area contributed by atoms with Crippen LogP contribution in [0.4, 0.5) is 0 Å². The maximum atomic E-state index is 10.4. The molecule has 0 aromatic rings. The third kappa shape index (κ3) is 2.05. The van der Waals surface area contributed by atoms with Crippen LogP contribution in [0.25, 0.3) is 0 Å². The van der Waals surface area contributed by atoms with Crippen LogP contribution in [0.3, 0.4) is 0 Å². The Labute approximate surface area is 69.2 Å². The first-order valence-electron chi connectivity index (χ1n) is 4.60. The number of carbonyl (C=O) groups excluding carboxylic acids is 1. The second kappa shape index (κ2) is 3.38. The predicted molar refractivity (Wildman–Crippen MR) is 46.4 cm³/mol. The summed E-state index contributed by atoms with van der Waals surface area (Å²) in [5, 5.41) is 0. The summed E-state index contributed by atoms with van der Waals surface area (Å²) in [6, 6.07) is 0. The predicted octanol–water partition coefficient (Wildman–Crippen LogP) is 2.79. The summed E-state index contributed by atoms with van der Waals surface area (Å²) in [5.41, 5.74) is 0.416. The van der Waals surface area contributed by atoms with Crippen LogP contribution in [0.1, 0.15) is 46.0 Å². The molecule has 1 aliphatic carbocycles. The number of carbonyl (C=O) groups is 1. The first-order valence-corrected chi connectivity index (χ1v) is 4.60. The van der Waals surface area contributed by atoms with Gasteiger partial charge in [-0.3, -0.25) is 0 Å². The van der Waals surface area contributed by atoms with Crippen LogP contribution < -0.4 is 0 Å². The average molecular weight is 154 g/mol. The Kier molecular flexibility index (Phi) is 2.69. The number of rotatable bonds is 2. The molecule has 0 aliphatic heterocycles. The minimum Gasteiger partial charge on any atom is -0.303 e. The molecule has 0 saturated heterocycles. The van der Waals surface area contributed by atoms with Crippen molar-refractivity contribution in [3.63, 3.8) is 0 Å². The molecule has 1 saturated carbocycles. The molecule has 0 aromatic heterocycles. The Morgan fingerprint density at radius 1 is 1.45 bits per heavy atom. The summed E-state index contributed by atoms with van der Waals surface area (Å²) in [7, 11) is 0. The van der Waals surface area contributed by atoms with E-state index < -0.39 is 0 Å². The number of hydrogen-bond acceptors (Lipinski definition) is 1. The second-order valence-electron chi connectivity index (χ2n) is 4.33. The lowest BCUT2D eigenvalue weighted by molar-refractivity contribution is -0.109. The normalized spacial score (nSPS) is 29.8. The number of hydrogen-bond donors (Lipinski definition) is 0. The zero-order chi connectivity index (χ0) is 8.32. The van der Waals surface area contributed by atoms with Crippen LogP contribution in [0.15, 0.2) is 0 Å². The minimum atomic E-state index is 0.416. The van der Waals surface area contributed by atoms with Crippen molar-refractivity contribution in [3.8, 4) is 0 Å². The van der Waals surface area contributed by atoms with Crippen molar-refractivity contribution in [2.45, 2.75) is 46.0 Å². The van der Waals surface area contributed by atoms with Crippen LogP contribution in [-0.2, 0) is 4.79 Å². The lowest BCUT2D eigenvalue weighted by Gasteiger charge is -2.37. The smallest absolute Gasteiger partial charge is 0.120 e. The van der Waals surface area contributed by atoms with Gasteiger partial charge >= 0.3 is 0 Å². The summed E-state index contributed by atoms with van der Waals surface area (Å²) < 4.78 is 0. The third-order valence-electron chi connectivity index (χ3n) is 3.11. The molecule has 1 unspecified atom stereocenters. The molecular weight excluding hydrogens is 136 g/mol. The molecule has 64 valence electrons. The Morgan fingerprint density at radius 2 is 2.18 bits per heavy atom. The Bertz CT molecular complexity index is 138. The van der Waals surface area contributed by atoms with E-state index in [4.69, 9.17) is 0 Å². The van der Waals surface area contributed by atoms with Gasteiger partial charge in [0.1, 0.15) is 6.29 Å². The van der Waals surface area contributed by atoms with E-state index in [1.54, 1.807) is 0 Å². The molecule has 1 fully saturated rings. The fraction of sp³-hybridized carbons (Fsp3) is 0.900. The van der Waals surface area contributed by atoms with Gasteiger partial charge in [0.15, 0.2) is 0 Å². The highest BCUT2D eigenvalue weighted by atomic mass is 16.1. The highest BCUT2D eigenvalue weighted by Gasteiger charge is 2.31. The van der Waals surface area contributed by atoms with E-state index in [1.165, 1.54) is 25.7 Å². The summed E-state index contributed by atoms with van der Waals surface area (Å²) in [6.45, 7) is 4.58. The van der Waals surface area contributed by atoms with E-state index in [0.29, 0.717) is 11.3 Å². The van der Waals surface area contributed by atoms with E-state index in [2.05, 4.69) is 13.8 Å². The van der Waals surface area contributed by atoms with Crippen molar-refractivity contribution >= 4 is 6.29 Å². The number of aldehydes is 1. The van der Waals surface area contributed by atoms with Crippen molar-refractivity contribution in [3.05, 3.63) is 0 Å². The molecule has 1 aliphatic rings. The topological polar surface area (TPSA) is 17.1 Å². The molecule has 0 radical (unpaired) electrons. The first-order chi connectivity index (χ1) is 5.17. The van der Waals surface area contributed by atoms with E-state index in [9.17, 15) is 4.79 Å². The van der Waals surface area contributed by atoms with Crippen molar-refractivity contribution in [1.82, 2.24) is 0 Å². The van der Waals surface area contributed by atoms with Gasteiger partial charge in [0.25, 0.3) is 0 Å². The minimum absolute atomic E-state index is 0.416. The van der Waals surface area contributed by atoms with Crippen LogP contribution in [0.2, 0.25) is 0 Å². The molecule has 0 amide bonds. The molecule has 1 atom stereocenters. The molecule has 11 heavy (non-hydrogen) atoms. The molecule has 1 nitrogen and oxygen atoms in total. The van der Waals surface area contributed by atoms with E-state index in [-0.39, 0.29) is 0 Å². The summed E-state index contributed by atoms with van der Waals surface area (Å²) >= 11 is 0. The lowest BCUT2D eigenvalue weighted by atomic mass is 9.68. The van der Waals surface area contributed by atoms with Crippen LogP contribution in [-0.4, -0.2) is 6.29 Å². The van der Waals surface area contributed by atoms with Gasteiger partial charge in [0, 0.05) is 6.42 Å². The summed E-state index contributed by atoms with van der Waals surface area (Å²) in [6.07, 6.45) is 7.08. The van der Waals surface area contributed by atoms with Gasteiger partial charge in [-0.15, -0.1) is 0 Å². The van der Waals surface area contributed by atoms with Gasteiger partial charge in [-0.25, -0.2) is 0 Å². The van der Waals surface area contributed by atoms with Gasteiger partial charge < -0.3 is 4.79 Å². The SMILES string of the molecule is CC1(C)CCCCC1CC=O. The standard InChI is InChI=1S/C10H18O/c1-10(2)7-4-3-5-9(10)6-8-11/h8-9H,3-7H2,1-2H3. The van der Waals surface area contributed by atoms with Crippen molar-refractivity contribution in [2.75, 3.05) is 0 Å². The molecule has 1 rings (SSSR count). The first kappa shape index (κ1) is 8.76. The van der Waals surface area contributed by atoms with Crippen molar-refractivity contribution < 1.29 is 4.79 Å². The Morgan fingerprint density at radius 3 is 2.73 bits per heavy atom. The molecule has 0 heterocycles. The Hall–Kier alpha value is -0.330. The maximum Gasteiger partial charge on any atom is 0.120 e. The van der Waals surface area contributed by atoms with Crippen LogP contribution in [0, 0.1) is 11.3 Å². The van der Waals surface area contributed by atoms with Gasteiger partial charge in [0.05, 0.1) is 0 Å². The maximum absolute atomic E-state index is 10.4. The molecule has 0 spiro atoms. The van der Waals surface area contributed by atoms with Crippen LogP contribution >= 0.6 is 0 Å². The third-order valence-corrected chi connectivity index (χ3v) is 3.11. The zero-order valence-electron chi connectivity index (χ0n) is 7.60. The average Bonchev–Trinajstić information content (AvgIpc) is 1.94. The van der Waals surface area contributed by atoms with E-state index in [1.807, 2.05) is 0 Å². The van der Waals surface area contributed by atoms with Gasteiger partial charge in [-0.2, -0.15) is 0 Å². The molecular formula is C10H18O. The fourth-order valence-electron chi connectivity index (χ4n) is 2.12. The molecule has 0 aromatic carbocycles. The summed E-state index contributed by atoms with van der Waals surface area (Å²) in [4.78, 5) is 10.4. The molecule has 0 bridgehead atoms. The highest BCUT2D eigenvalue weighted by molar-refractivity contribution is 5.49. The van der Waals surface area contributed by atoms with Gasteiger partial charge in [-0.05, 0) is 24.2 Å². The largest absolute Gasteiger partial charge is 0.303 e. The van der Waals surface area contributed by atoms with Gasteiger partial charge in [-0.1, -0.05) is 26.7 Å². The molecule has 1 heteroatoms. The Balaban J connectivity index is 2.52. The zero-order valence-corrected chi connectivity index (χ0v) is 7.60. The highest BCUT2D eigenvalue weighted by Crippen LogP contribution is 2.41. The van der Waals surface area contributed by atoms with Crippen molar-refractivity contribution in [1.29, 1.82) is 0 Å². The second-order valence-corrected chi connectivity index (χ2v) is 4.33. The quantitative estimate of drug-likeness (QED) is 0.559. The van der Waals surface area contributed by atoms with Crippen molar-refractivity contribution in [2.24, 2.45) is 11.3 Å². The monoisotopic (exact) mass is 154 g/mol. The molecule has 0 N–H and O–H groups in total. The van der Waals surface area contributed by atoms with E-state index >= 15 is 0 Å². The lowest BCUT2D eigenvalue weighted by Crippen LogP contribution is -2.27.